The summed E-state index contributed by atoms with van der Waals surface area (Å²) in [6, 6.07) is 10.4. The maximum Gasteiger partial charge on any atom is 0.0656 e. The van der Waals surface area contributed by atoms with Gasteiger partial charge in [0.25, 0.3) is 0 Å². The van der Waals surface area contributed by atoms with Crippen LogP contribution in [0.25, 0.3) is 0 Å². The minimum atomic E-state index is -0.647. The van der Waals surface area contributed by atoms with Gasteiger partial charge in [0.15, 0.2) is 0 Å². The molecule has 2 atom stereocenters. The van der Waals surface area contributed by atoms with Gasteiger partial charge in [-0.2, -0.15) is 0 Å². The SMILES string of the molecule is CC(C)C(C)N(C)CCC(N)(CO)c1ccccc1. The molecule has 1 rings (SSSR count). The number of hydrogen-bond acceptors (Lipinski definition) is 3. The minimum Gasteiger partial charge on any atom is -0.394 e. The summed E-state index contributed by atoms with van der Waals surface area (Å²) in [5, 5.41) is 9.66. The Hall–Kier alpha value is -0.900. The lowest BCUT2D eigenvalue weighted by Crippen LogP contribution is -2.45. The zero-order valence-corrected chi connectivity index (χ0v) is 12.6. The topological polar surface area (TPSA) is 49.5 Å². The Morgan fingerprint density at radius 1 is 1.21 bits per heavy atom. The van der Waals surface area contributed by atoms with Gasteiger partial charge >= 0.3 is 0 Å². The summed E-state index contributed by atoms with van der Waals surface area (Å²) < 4.78 is 0. The molecule has 0 bridgehead atoms. The average Bonchev–Trinajstić information content (AvgIpc) is 2.44. The number of aliphatic hydroxyl groups is 1. The van der Waals surface area contributed by atoms with Crippen LogP contribution in [0, 0.1) is 5.92 Å². The van der Waals surface area contributed by atoms with Crippen LogP contribution in [0.2, 0.25) is 0 Å². The third kappa shape index (κ3) is 4.30. The number of nitrogens with zero attached hydrogens (tertiary/aromatic N) is 1. The third-order valence-electron chi connectivity index (χ3n) is 4.20. The van der Waals surface area contributed by atoms with E-state index in [1.807, 2.05) is 30.3 Å². The molecule has 0 aliphatic heterocycles. The third-order valence-corrected chi connectivity index (χ3v) is 4.20. The zero-order chi connectivity index (χ0) is 14.5. The van der Waals surface area contributed by atoms with Gasteiger partial charge in [-0.1, -0.05) is 44.2 Å². The second-order valence-electron chi connectivity index (χ2n) is 5.90. The van der Waals surface area contributed by atoms with E-state index < -0.39 is 5.54 Å². The van der Waals surface area contributed by atoms with Crippen molar-refractivity contribution >= 4 is 0 Å². The molecule has 0 heterocycles. The Morgan fingerprint density at radius 3 is 2.26 bits per heavy atom. The Bertz CT molecular complexity index is 366. The van der Waals surface area contributed by atoms with Gasteiger partial charge < -0.3 is 15.7 Å². The summed E-state index contributed by atoms with van der Waals surface area (Å²) in [6.07, 6.45) is 0.751. The highest BCUT2D eigenvalue weighted by atomic mass is 16.3. The second kappa shape index (κ2) is 7.04. The lowest BCUT2D eigenvalue weighted by Gasteiger charge is -2.33. The normalized spacial score (nSPS) is 16.6. The van der Waals surface area contributed by atoms with E-state index in [-0.39, 0.29) is 6.61 Å². The number of aliphatic hydroxyl groups excluding tert-OH is 1. The fraction of sp³-hybridized carbons (Fsp3) is 0.625. The first-order chi connectivity index (χ1) is 8.90. The summed E-state index contributed by atoms with van der Waals surface area (Å²) in [6.45, 7) is 7.52. The highest BCUT2D eigenvalue weighted by molar-refractivity contribution is 5.24. The molecule has 3 heteroatoms. The number of benzene rings is 1. The number of rotatable bonds is 7. The molecule has 0 saturated heterocycles. The maximum absolute atomic E-state index is 9.66. The van der Waals surface area contributed by atoms with Crippen LogP contribution in [0.4, 0.5) is 0 Å². The molecule has 108 valence electrons. The predicted octanol–water partition coefficient (Wildman–Crippen LogP) is 2.20. The second-order valence-corrected chi connectivity index (χ2v) is 5.90. The van der Waals surface area contributed by atoms with Gasteiger partial charge in [0, 0.05) is 12.6 Å². The van der Waals surface area contributed by atoms with Crippen molar-refractivity contribution in [1.29, 1.82) is 0 Å². The van der Waals surface area contributed by atoms with E-state index >= 15 is 0 Å². The number of hydrogen-bond donors (Lipinski definition) is 2. The van der Waals surface area contributed by atoms with Crippen molar-refractivity contribution in [3.8, 4) is 0 Å². The monoisotopic (exact) mass is 264 g/mol. The smallest absolute Gasteiger partial charge is 0.0656 e. The molecule has 0 aromatic heterocycles. The van der Waals surface area contributed by atoms with Gasteiger partial charge in [0.1, 0.15) is 0 Å². The van der Waals surface area contributed by atoms with Crippen molar-refractivity contribution in [3.63, 3.8) is 0 Å². The quantitative estimate of drug-likeness (QED) is 0.794. The van der Waals surface area contributed by atoms with Gasteiger partial charge in [-0.3, -0.25) is 0 Å². The molecule has 0 saturated carbocycles. The Labute approximate surface area is 117 Å². The van der Waals surface area contributed by atoms with Crippen LogP contribution < -0.4 is 5.73 Å². The van der Waals surface area contributed by atoms with E-state index in [1.165, 1.54) is 0 Å². The first kappa shape index (κ1) is 16.2. The average molecular weight is 264 g/mol. The van der Waals surface area contributed by atoms with Crippen molar-refractivity contribution in [2.45, 2.75) is 38.8 Å². The van der Waals surface area contributed by atoms with Gasteiger partial charge in [0.2, 0.25) is 0 Å². The van der Waals surface area contributed by atoms with E-state index in [1.54, 1.807) is 0 Å². The number of nitrogens with two attached hydrogens (primary N) is 1. The Kier molecular flexibility index (Phi) is 5.98. The molecule has 2 unspecified atom stereocenters. The Morgan fingerprint density at radius 2 is 1.79 bits per heavy atom. The van der Waals surface area contributed by atoms with E-state index in [0.717, 1.165) is 18.5 Å². The molecular weight excluding hydrogens is 236 g/mol. The minimum absolute atomic E-state index is 0.0269. The van der Waals surface area contributed by atoms with Crippen molar-refractivity contribution < 1.29 is 5.11 Å². The van der Waals surface area contributed by atoms with Crippen molar-refractivity contribution in [3.05, 3.63) is 35.9 Å². The molecule has 0 aliphatic rings. The lowest BCUT2D eigenvalue weighted by atomic mass is 9.88. The molecule has 3 nitrogen and oxygen atoms in total. The molecule has 0 amide bonds. The van der Waals surface area contributed by atoms with Gasteiger partial charge in [-0.05, 0) is 31.9 Å². The van der Waals surface area contributed by atoms with Crippen LogP contribution in [0.1, 0.15) is 32.8 Å². The highest BCUT2D eigenvalue weighted by Crippen LogP contribution is 2.22. The zero-order valence-electron chi connectivity index (χ0n) is 12.6. The van der Waals surface area contributed by atoms with Crippen LogP contribution in [-0.4, -0.2) is 36.2 Å². The maximum atomic E-state index is 9.66. The van der Waals surface area contributed by atoms with Crippen LogP contribution in [0.5, 0.6) is 0 Å². The highest BCUT2D eigenvalue weighted by Gasteiger charge is 2.27. The molecule has 0 radical (unpaired) electrons. The predicted molar refractivity (Wildman–Crippen MR) is 80.9 cm³/mol. The van der Waals surface area contributed by atoms with E-state index in [9.17, 15) is 5.11 Å². The molecule has 0 spiro atoms. The fourth-order valence-electron chi connectivity index (χ4n) is 2.17. The fourth-order valence-corrected chi connectivity index (χ4v) is 2.17. The largest absolute Gasteiger partial charge is 0.394 e. The first-order valence-corrected chi connectivity index (χ1v) is 7.06. The van der Waals surface area contributed by atoms with Gasteiger partial charge in [0.05, 0.1) is 12.1 Å². The Balaban J connectivity index is 2.67. The van der Waals surface area contributed by atoms with Crippen molar-refractivity contribution in [1.82, 2.24) is 4.90 Å². The summed E-state index contributed by atoms with van der Waals surface area (Å²) in [5.74, 6) is 0.614. The molecule has 0 fully saturated rings. The van der Waals surface area contributed by atoms with Crippen LogP contribution in [0.15, 0.2) is 30.3 Å². The van der Waals surface area contributed by atoms with Crippen LogP contribution in [-0.2, 0) is 5.54 Å². The van der Waals surface area contributed by atoms with E-state index in [2.05, 4.69) is 32.7 Å². The first-order valence-electron chi connectivity index (χ1n) is 7.06. The van der Waals surface area contributed by atoms with Crippen molar-refractivity contribution in [2.24, 2.45) is 11.7 Å². The summed E-state index contributed by atoms with van der Waals surface area (Å²) in [4.78, 5) is 2.31. The lowest BCUT2D eigenvalue weighted by molar-refractivity contribution is 0.147. The standard InChI is InChI=1S/C16H28N2O/c1-13(2)14(3)18(4)11-10-16(17,12-19)15-8-6-5-7-9-15/h5-9,13-14,19H,10-12,17H2,1-4H3. The van der Waals surface area contributed by atoms with Crippen molar-refractivity contribution in [2.75, 3.05) is 20.2 Å². The summed E-state index contributed by atoms with van der Waals surface area (Å²) in [7, 11) is 2.12. The van der Waals surface area contributed by atoms with E-state index in [0.29, 0.717) is 12.0 Å². The summed E-state index contributed by atoms with van der Waals surface area (Å²) >= 11 is 0. The molecule has 1 aromatic rings. The van der Waals surface area contributed by atoms with Gasteiger partial charge in [-0.15, -0.1) is 0 Å². The molecule has 19 heavy (non-hydrogen) atoms. The van der Waals surface area contributed by atoms with Crippen LogP contribution in [0.3, 0.4) is 0 Å². The molecule has 3 N–H and O–H groups in total. The van der Waals surface area contributed by atoms with Crippen LogP contribution >= 0.6 is 0 Å². The van der Waals surface area contributed by atoms with Gasteiger partial charge in [-0.25, -0.2) is 0 Å². The molecule has 0 aliphatic carbocycles. The summed E-state index contributed by atoms with van der Waals surface area (Å²) in [5.41, 5.74) is 6.72. The molecular formula is C16H28N2O. The molecule has 1 aromatic carbocycles. The van der Waals surface area contributed by atoms with E-state index in [4.69, 9.17) is 5.73 Å².